The van der Waals surface area contributed by atoms with Crippen LogP contribution < -0.4 is 20.5 Å². The number of aromatic nitrogens is 2. The van der Waals surface area contributed by atoms with E-state index in [1.807, 2.05) is 11.4 Å². The van der Waals surface area contributed by atoms with Gasteiger partial charge >= 0.3 is 0 Å². The van der Waals surface area contributed by atoms with Crippen molar-refractivity contribution in [3.8, 4) is 5.88 Å². The average molecular weight is 519 g/mol. The van der Waals surface area contributed by atoms with Crippen molar-refractivity contribution in [3.63, 3.8) is 0 Å². The summed E-state index contributed by atoms with van der Waals surface area (Å²) in [5, 5.41) is 5.43. The van der Waals surface area contributed by atoms with Crippen LogP contribution >= 0.6 is 11.3 Å². The van der Waals surface area contributed by atoms with E-state index in [9.17, 15) is 18.0 Å². The Bertz CT molecular complexity index is 1340. The fourth-order valence-electron chi connectivity index (χ4n) is 3.86. The highest BCUT2D eigenvalue weighted by Crippen LogP contribution is 2.24. The maximum absolute atomic E-state index is 13.1. The summed E-state index contributed by atoms with van der Waals surface area (Å²) in [7, 11) is -2.49. The van der Waals surface area contributed by atoms with Crippen molar-refractivity contribution < 1.29 is 22.7 Å². The Morgan fingerprint density at radius 1 is 1.31 bits per heavy atom. The molecule has 11 nitrogen and oxygen atoms in total. The first-order valence-electron chi connectivity index (χ1n) is 11.0. The molecule has 0 unspecified atom stereocenters. The van der Waals surface area contributed by atoms with Gasteiger partial charge in [-0.15, -0.1) is 11.3 Å². The molecule has 1 fully saturated rings. The van der Waals surface area contributed by atoms with E-state index in [0.717, 1.165) is 10.1 Å². The number of fused-ring (bicyclic) bond motifs is 1. The Labute approximate surface area is 206 Å². The van der Waals surface area contributed by atoms with Gasteiger partial charge in [0.25, 0.3) is 0 Å². The summed E-state index contributed by atoms with van der Waals surface area (Å²) in [6, 6.07) is 5.78. The minimum Gasteiger partial charge on any atom is -0.481 e. The monoisotopic (exact) mass is 518 g/mol. The maximum atomic E-state index is 13.1. The van der Waals surface area contributed by atoms with Crippen molar-refractivity contribution in [2.45, 2.75) is 36.7 Å². The van der Waals surface area contributed by atoms with Crippen molar-refractivity contribution in [1.29, 1.82) is 0 Å². The third-order valence-electron chi connectivity index (χ3n) is 5.66. The van der Waals surface area contributed by atoms with Gasteiger partial charge in [0.15, 0.2) is 0 Å². The quantitative estimate of drug-likeness (QED) is 0.402. The minimum atomic E-state index is -3.92. The van der Waals surface area contributed by atoms with Gasteiger partial charge in [0, 0.05) is 24.0 Å². The molecular weight excluding hydrogens is 492 g/mol. The lowest BCUT2D eigenvalue weighted by Gasteiger charge is -2.24. The standard InChI is InChI=1S/C22H26N6O5S2/c1-33-20-15(12-25-22(23)26-20)11-24-19(29)13-28-8-3-2-4-17(21(28)30)27-35(31,32)16-5-6-18-14(10-16)7-9-34-18/h5-7,9-10,12,17,27H,2-4,8,11,13H2,1H3,(H,24,29)(H2,23,25,26)/t17-/m0/s1. The van der Waals surface area contributed by atoms with Crippen LogP contribution in [0.25, 0.3) is 10.1 Å². The molecule has 1 saturated heterocycles. The van der Waals surface area contributed by atoms with Crippen molar-refractivity contribution in [2.24, 2.45) is 0 Å². The van der Waals surface area contributed by atoms with Gasteiger partial charge in [-0.3, -0.25) is 9.59 Å². The van der Waals surface area contributed by atoms with E-state index in [0.29, 0.717) is 31.4 Å². The number of benzene rings is 1. The van der Waals surface area contributed by atoms with Gasteiger partial charge in [-0.2, -0.15) is 9.71 Å². The fraction of sp³-hybridized carbons (Fsp3) is 0.364. The first kappa shape index (κ1) is 24.8. The number of thiophene rings is 1. The number of sulfonamides is 1. The van der Waals surface area contributed by atoms with Gasteiger partial charge in [0.1, 0.15) is 6.04 Å². The third-order valence-corrected chi connectivity index (χ3v) is 8.03. The summed E-state index contributed by atoms with van der Waals surface area (Å²) in [5.41, 5.74) is 6.08. The Morgan fingerprint density at radius 2 is 2.14 bits per heavy atom. The molecule has 13 heteroatoms. The Balaban J connectivity index is 1.40. The molecular formula is C22H26N6O5S2. The normalized spacial score (nSPS) is 16.8. The highest BCUT2D eigenvalue weighted by Gasteiger charge is 2.32. The zero-order valence-corrected chi connectivity index (χ0v) is 20.7. The van der Waals surface area contributed by atoms with E-state index >= 15 is 0 Å². The molecule has 4 N–H and O–H groups in total. The molecule has 1 aromatic carbocycles. The van der Waals surface area contributed by atoms with Crippen molar-refractivity contribution >= 4 is 49.2 Å². The largest absolute Gasteiger partial charge is 0.481 e. The molecule has 2 amide bonds. The highest BCUT2D eigenvalue weighted by atomic mass is 32.2. The maximum Gasteiger partial charge on any atom is 0.241 e. The van der Waals surface area contributed by atoms with Gasteiger partial charge in [0.05, 0.1) is 24.1 Å². The number of hydrogen-bond acceptors (Lipinski definition) is 9. The number of amides is 2. The Kier molecular flexibility index (Phi) is 7.48. The average Bonchev–Trinajstić information content (AvgIpc) is 3.25. The van der Waals surface area contributed by atoms with Crippen LogP contribution in [0.1, 0.15) is 24.8 Å². The predicted molar refractivity (Wildman–Crippen MR) is 131 cm³/mol. The van der Waals surface area contributed by atoms with Crippen LogP contribution in [-0.4, -0.2) is 61.3 Å². The molecule has 4 rings (SSSR count). The van der Waals surface area contributed by atoms with Gasteiger partial charge in [-0.05, 0) is 54.3 Å². The lowest BCUT2D eigenvalue weighted by Crippen LogP contribution is -2.49. The number of likely N-dealkylation sites (tertiary alicyclic amines) is 1. The molecule has 3 aromatic rings. The van der Waals surface area contributed by atoms with Gasteiger partial charge in [-0.1, -0.05) is 0 Å². The third kappa shape index (κ3) is 5.86. The second kappa shape index (κ2) is 10.5. The molecule has 0 bridgehead atoms. The van der Waals surface area contributed by atoms with Crippen LogP contribution in [0.5, 0.6) is 5.88 Å². The van der Waals surface area contributed by atoms with Crippen LogP contribution in [-0.2, 0) is 26.2 Å². The van der Waals surface area contributed by atoms with Crippen LogP contribution in [0.15, 0.2) is 40.7 Å². The van der Waals surface area contributed by atoms with Crippen LogP contribution in [0.3, 0.4) is 0 Å². The molecule has 0 saturated carbocycles. The SMILES string of the molecule is COc1nc(N)ncc1CNC(=O)CN1CCCC[C@H](NS(=O)(=O)c2ccc3sccc3c2)C1=O. The van der Waals surface area contributed by atoms with Crippen LogP contribution in [0, 0.1) is 0 Å². The first-order valence-corrected chi connectivity index (χ1v) is 13.3. The molecule has 2 aromatic heterocycles. The zero-order valence-electron chi connectivity index (χ0n) is 19.1. The smallest absolute Gasteiger partial charge is 0.241 e. The molecule has 186 valence electrons. The Morgan fingerprint density at radius 3 is 2.94 bits per heavy atom. The van der Waals surface area contributed by atoms with Gasteiger partial charge in [0.2, 0.25) is 33.7 Å². The number of carbonyl (C=O) groups excluding carboxylic acids is 2. The van der Waals surface area contributed by atoms with E-state index in [1.165, 1.54) is 35.6 Å². The number of nitrogens with zero attached hydrogens (tertiary/aromatic N) is 3. The van der Waals surface area contributed by atoms with E-state index < -0.39 is 27.9 Å². The van der Waals surface area contributed by atoms with Crippen LogP contribution in [0.4, 0.5) is 5.95 Å². The number of methoxy groups -OCH3 is 1. The molecule has 0 radical (unpaired) electrons. The zero-order chi connectivity index (χ0) is 25.0. The highest BCUT2D eigenvalue weighted by molar-refractivity contribution is 7.89. The number of anilines is 1. The number of nitrogens with one attached hydrogen (secondary N) is 2. The van der Waals surface area contributed by atoms with Crippen molar-refractivity contribution in [2.75, 3.05) is 25.9 Å². The minimum absolute atomic E-state index is 0.0517. The summed E-state index contributed by atoms with van der Waals surface area (Å²) < 4.78 is 34.7. The number of hydrogen-bond donors (Lipinski definition) is 3. The first-order chi connectivity index (χ1) is 16.8. The second-order valence-corrected chi connectivity index (χ2v) is 10.8. The summed E-state index contributed by atoms with van der Waals surface area (Å²) in [5.74, 6) is -0.524. The van der Waals surface area contributed by atoms with E-state index in [2.05, 4.69) is 20.0 Å². The fourth-order valence-corrected chi connectivity index (χ4v) is 5.89. The van der Waals surface area contributed by atoms with Crippen molar-refractivity contribution in [3.05, 3.63) is 41.4 Å². The molecule has 35 heavy (non-hydrogen) atoms. The molecule has 0 aliphatic carbocycles. The van der Waals surface area contributed by atoms with E-state index in [1.54, 1.807) is 12.1 Å². The topological polar surface area (TPSA) is 157 Å². The number of nitrogens with two attached hydrogens (primary N) is 1. The van der Waals surface area contributed by atoms with Gasteiger partial charge < -0.3 is 20.7 Å². The Hall–Kier alpha value is -3.29. The molecule has 3 heterocycles. The van der Waals surface area contributed by atoms with Gasteiger partial charge in [-0.25, -0.2) is 13.4 Å². The summed E-state index contributed by atoms with van der Waals surface area (Å²) >= 11 is 1.52. The van der Waals surface area contributed by atoms with Crippen molar-refractivity contribution in [1.82, 2.24) is 24.9 Å². The van der Waals surface area contributed by atoms with E-state index in [-0.39, 0.29) is 29.8 Å². The number of nitrogen functional groups attached to an aromatic ring is 1. The van der Waals surface area contributed by atoms with E-state index in [4.69, 9.17) is 10.5 Å². The summed E-state index contributed by atoms with van der Waals surface area (Å²) in [4.78, 5) is 35.0. The van der Waals surface area contributed by atoms with Crippen LogP contribution in [0.2, 0.25) is 0 Å². The predicted octanol–water partition coefficient (Wildman–Crippen LogP) is 1.26. The second-order valence-electron chi connectivity index (χ2n) is 8.09. The number of carbonyl (C=O) groups is 2. The molecule has 0 spiro atoms. The summed E-state index contributed by atoms with van der Waals surface area (Å²) in [6.07, 6.45) is 3.13. The molecule has 1 aliphatic heterocycles. The lowest BCUT2D eigenvalue weighted by atomic mass is 10.1. The summed E-state index contributed by atoms with van der Waals surface area (Å²) in [6.45, 7) is 0.251. The number of rotatable bonds is 8. The molecule has 1 atom stereocenters. The number of ether oxygens (including phenoxy) is 1. The molecule has 1 aliphatic rings. The lowest BCUT2D eigenvalue weighted by molar-refractivity contribution is -0.136.